The predicted molar refractivity (Wildman–Crippen MR) is 72.7 cm³/mol. The summed E-state index contributed by atoms with van der Waals surface area (Å²) >= 11 is 0. The van der Waals surface area contributed by atoms with E-state index in [1.807, 2.05) is 37.3 Å². The molecule has 0 aromatic heterocycles. The first-order chi connectivity index (χ1) is 8.71. The first kappa shape index (κ1) is 14.0. The zero-order valence-electron chi connectivity index (χ0n) is 10.9. The lowest BCUT2D eigenvalue weighted by molar-refractivity contribution is -0.117. The summed E-state index contributed by atoms with van der Waals surface area (Å²) in [5, 5.41) is 11.7. The fourth-order valence-corrected chi connectivity index (χ4v) is 1.50. The summed E-state index contributed by atoms with van der Waals surface area (Å²) in [7, 11) is 0. The van der Waals surface area contributed by atoms with E-state index in [1.165, 1.54) is 5.56 Å². The maximum atomic E-state index is 11.7. The molecule has 0 bridgehead atoms. The van der Waals surface area contributed by atoms with E-state index in [-0.39, 0.29) is 11.5 Å². The molecule has 0 aliphatic heterocycles. The number of amides is 1. The minimum absolute atomic E-state index is 0.146. The number of aryl methyl sites for hydroxylation is 1. The van der Waals surface area contributed by atoms with Crippen molar-refractivity contribution in [1.82, 2.24) is 5.32 Å². The Labute approximate surface area is 108 Å². The molecule has 0 radical (unpaired) electrons. The van der Waals surface area contributed by atoms with Gasteiger partial charge in [0.1, 0.15) is 11.6 Å². The second kappa shape index (κ2) is 7.29. The number of carbonyl (C=O) groups is 1. The molecule has 0 saturated heterocycles. The summed E-state index contributed by atoms with van der Waals surface area (Å²) in [6.45, 7) is 4.65. The van der Waals surface area contributed by atoms with Crippen molar-refractivity contribution in [2.45, 2.75) is 26.7 Å². The number of nitriles is 1. The zero-order chi connectivity index (χ0) is 13.4. The lowest BCUT2D eigenvalue weighted by atomic mass is 10.1. The van der Waals surface area contributed by atoms with Crippen LogP contribution in [0.25, 0.3) is 6.08 Å². The van der Waals surface area contributed by atoms with Gasteiger partial charge in [0.15, 0.2) is 0 Å². The molecule has 94 valence electrons. The van der Waals surface area contributed by atoms with Crippen molar-refractivity contribution in [3.8, 4) is 6.07 Å². The highest BCUT2D eigenvalue weighted by Gasteiger charge is 2.07. The van der Waals surface area contributed by atoms with Crippen molar-refractivity contribution in [2.24, 2.45) is 0 Å². The monoisotopic (exact) mass is 242 g/mol. The molecule has 0 aliphatic rings. The number of hydrogen-bond acceptors (Lipinski definition) is 2. The van der Waals surface area contributed by atoms with E-state index >= 15 is 0 Å². The van der Waals surface area contributed by atoms with Crippen molar-refractivity contribution in [2.75, 3.05) is 6.54 Å². The zero-order valence-corrected chi connectivity index (χ0v) is 10.9. The van der Waals surface area contributed by atoms with E-state index in [0.717, 1.165) is 18.4 Å². The number of nitrogens with zero attached hydrogens (tertiary/aromatic N) is 1. The van der Waals surface area contributed by atoms with E-state index in [0.29, 0.717) is 6.54 Å². The lowest BCUT2D eigenvalue weighted by Gasteiger charge is -2.02. The number of benzene rings is 1. The minimum Gasteiger partial charge on any atom is -0.351 e. The fraction of sp³-hybridized carbons (Fsp3) is 0.333. The molecule has 0 aliphatic carbocycles. The molecule has 1 amide bonds. The summed E-state index contributed by atoms with van der Waals surface area (Å²) in [6, 6.07) is 9.79. The topological polar surface area (TPSA) is 52.9 Å². The third kappa shape index (κ3) is 4.06. The highest BCUT2D eigenvalue weighted by Crippen LogP contribution is 2.09. The van der Waals surface area contributed by atoms with Crippen molar-refractivity contribution >= 4 is 12.0 Å². The molecule has 3 heteroatoms. The van der Waals surface area contributed by atoms with Gasteiger partial charge in [-0.05, 0) is 30.0 Å². The van der Waals surface area contributed by atoms with Gasteiger partial charge in [-0.1, -0.05) is 38.1 Å². The van der Waals surface area contributed by atoms with Gasteiger partial charge in [-0.25, -0.2) is 0 Å². The molecule has 18 heavy (non-hydrogen) atoms. The Morgan fingerprint density at radius 1 is 1.33 bits per heavy atom. The third-order valence-electron chi connectivity index (χ3n) is 2.60. The van der Waals surface area contributed by atoms with Crippen LogP contribution in [0.1, 0.15) is 31.4 Å². The van der Waals surface area contributed by atoms with Crippen LogP contribution in [-0.4, -0.2) is 12.5 Å². The molecule has 0 unspecified atom stereocenters. The van der Waals surface area contributed by atoms with Crippen LogP contribution in [-0.2, 0) is 11.2 Å². The molecule has 3 nitrogen and oxygen atoms in total. The SMILES string of the molecule is CCCNC(=O)/C(C#N)=C\c1ccc(CC)cc1. The van der Waals surface area contributed by atoms with Crippen LogP contribution in [0, 0.1) is 11.3 Å². The number of hydrogen-bond donors (Lipinski definition) is 1. The van der Waals surface area contributed by atoms with Crippen LogP contribution in [0.2, 0.25) is 0 Å². The largest absolute Gasteiger partial charge is 0.351 e. The summed E-state index contributed by atoms with van der Waals surface area (Å²) in [4.78, 5) is 11.7. The van der Waals surface area contributed by atoms with E-state index in [1.54, 1.807) is 6.08 Å². The average molecular weight is 242 g/mol. The van der Waals surface area contributed by atoms with E-state index in [2.05, 4.69) is 12.2 Å². The number of nitrogens with one attached hydrogen (secondary N) is 1. The molecule has 1 aromatic rings. The molecular weight excluding hydrogens is 224 g/mol. The number of carbonyl (C=O) groups excluding carboxylic acids is 1. The molecule has 0 saturated carbocycles. The van der Waals surface area contributed by atoms with Crippen molar-refractivity contribution in [3.05, 3.63) is 41.0 Å². The van der Waals surface area contributed by atoms with Crippen LogP contribution >= 0.6 is 0 Å². The van der Waals surface area contributed by atoms with Gasteiger partial charge < -0.3 is 5.32 Å². The Morgan fingerprint density at radius 3 is 2.50 bits per heavy atom. The first-order valence-corrected chi connectivity index (χ1v) is 6.20. The van der Waals surface area contributed by atoms with Gasteiger partial charge in [0.25, 0.3) is 5.91 Å². The van der Waals surface area contributed by atoms with Gasteiger partial charge in [0, 0.05) is 6.54 Å². The van der Waals surface area contributed by atoms with E-state index in [9.17, 15) is 4.79 Å². The molecule has 0 heterocycles. The second-order valence-electron chi connectivity index (χ2n) is 4.02. The summed E-state index contributed by atoms with van der Waals surface area (Å²) < 4.78 is 0. The van der Waals surface area contributed by atoms with Crippen molar-refractivity contribution in [1.29, 1.82) is 5.26 Å². The predicted octanol–water partition coefficient (Wildman–Crippen LogP) is 2.68. The normalized spacial score (nSPS) is 10.8. The second-order valence-corrected chi connectivity index (χ2v) is 4.02. The quantitative estimate of drug-likeness (QED) is 0.637. The Morgan fingerprint density at radius 2 is 2.00 bits per heavy atom. The maximum absolute atomic E-state index is 11.7. The molecular formula is C15H18N2O. The smallest absolute Gasteiger partial charge is 0.261 e. The standard InChI is InChI=1S/C15H18N2O/c1-3-9-17-15(18)14(11-16)10-13-7-5-12(4-2)6-8-13/h5-8,10H,3-4,9H2,1-2H3,(H,17,18)/b14-10-. The highest BCUT2D eigenvalue weighted by atomic mass is 16.1. The summed E-state index contributed by atoms with van der Waals surface area (Å²) in [5.41, 5.74) is 2.25. The Kier molecular flexibility index (Phi) is 5.66. The highest BCUT2D eigenvalue weighted by molar-refractivity contribution is 6.01. The van der Waals surface area contributed by atoms with Gasteiger partial charge in [-0.2, -0.15) is 5.26 Å². The molecule has 0 fully saturated rings. The van der Waals surface area contributed by atoms with Gasteiger partial charge >= 0.3 is 0 Å². The Balaban J connectivity index is 2.83. The van der Waals surface area contributed by atoms with Crippen LogP contribution in [0.5, 0.6) is 0 Å². The summed E-state index contributed by atoms with van der Waals surface area (Å²) in [6.07, 6.45) is 3.45. The van der Waals surface area contributed by atoms with Crippen molar-refractivity contribution in [3.63, 3.8) is 0 Å². The van der Waals surface area contributed by atoms with Gasteiger partial charge in [0.05, 0.1) is 0 Å². The van der Waals surface area contributed by atoms with Gasteiger partial charge in [-0.3, -0.25) is 4.79 Å². The molecule has 0 spiro atoms. The molecule has 1 rings (SSSR count). The van der Waals surface area contributed by atoms with Crippen LogP contribution in [0.4, 0.5) is 0 Å². The lowest BCUT2D eigenvalue weighted by Crippen LogP contribution is -2.25. The molecule has 1 aromatic carbocycles. The Bertz CT molecular complexity index is 466. The van der Waals surface area contributed by atoms with Gasteiger partial charge in [-0.15, -0.1) is 0 Å². The van der Waals surface area contributed by atoms with E-state index < -0.39 is 0 Å². The van der Waals surface area contributed by atoms with Crippen molar-refractivity contribution < 1.29 is 4.79 Å². The van der Waals surface area contributed by atoms with Gasteiger partial charge in [0.2, 0.25) is 0 Å². The van der Waals surface area contributed by atoms with Crippen LogP contribution in [0.15, 0.2) is 29.8 Å². The molecule has 1 N–H and O–H groups in total. The van der Waals surface area contributed by atoms with E-state index in [4.69, 9.17) is 5.26 Å². The summed E-state index contributed by atoms with van der Waals surface area (Å²) in [5.74, 6) is -0.307. The fourth-order valence-electron chi connectivity index (χ4n) is 1.50. The number of rotatable bonds is 5. The average Bonchev–Trinajstić information content (AvgIpc) is 2.42. The maximum Gasteiger partial charge on any atom is 0.261 e. The third-order valence-corrected chi connectivity index (χ3v) is 2.60. The minimum atomic E-state index is -0.307. The molecule has 0 atom stereocenters. The Hall–Kier alpha value is -2.08. The first-order valence-electron chi connectivity index (χ1n) is 6.20. The van der Waals surface area contributed by atoms with Crippen LogP contribution < -0.4 is 5.32 Å². The van der Waals surface area contributed by atoms with Crippen LogP contribution in [0.3, 0.4) is 0 Å².